The molecule has 1 aromatic rings. The number of hydrogen-bond donors (Lipinski definition) is 2. The molecule has 0 radical (unpaired) electrons. The van der Waals surface area contributed by atoms with Crippen molar-refractivity contribution in [3.8, 4) is 0 Å². The number of nitrogens with two attached hydrogens (primary N) is 1. The zero-order valence-electron chi connectivity index (χ0n) is 8.29. The molecular formula is C10H14BrN3. The predicted molar refractivity (Wildman–Crippen MR) is 64.5 cm³/mol. The number of benzene rings is 1. The van der Waals surface area contributed by atoms with E-state index >= 15 is 0 Å². The third-order valence-corrected chi connectivity index (χ3v) is 2.04. The van der Waals surface area contributed by atoms with Crippen molar-refractivity contribution < 1.29 is 0 Å². The van der Waals surface area contributed by atoms with Crippen LogP contribution in [0.4, 0.5) is 5.69 Å². The second-order valence-electron chi connectivity index (χ2n) is 3.24. The molecule has 4 heteroatoms. The molecule has 0 aliphatic heterocycles. The Labute approximate surface area is 92.5 Å². The van der Waals surface area contributed by atoms with Gasteiger partial charge in [-0.3, -0.25) is 4.99 Å². The molecule has 1 rings (SSSR count). The summed E-state index contributed by atoms with van der Waals surface area (Å²) in [6.07, 6.45) is 0. The minimum Gasteiger partial charge on any atom is -0.370 e. The highest BCUT2D eigenvalue weighted by Gasteiger charge is 1.95. The Morgan fingerprint density at radius 2 is 1.93 bits per heavy atom. The van der Waals surface area contributed by atoms with Gasteiger partial charge < -0.3 is 11.1 Å². The van der Waals surface area contributed by atoms with E-state index in [1.54, 1.807) is 0 Å². The van der Waals surface area contributed by atoms with Crippen LogP contribution in [0.5, 0.6) is 0 Å². The third-order valence-electron chi connectivity index (χ3n) is 1.51. The van der Waals surface area contributed by atoms with Gasteiger partial charge in [0.1, 0.15) is 0 Å². The number of nitrogens with zero attached hydrogens (tertiary/aromatic N) is 1. The summed E-state index contributed by atoms with van der Waals surface area (Å²) in [6.45, 7) is 3.96. The highest BCUT2D eigenvalue weighted by Crippen LogP contribution is 2.13. The van der Waals surface area contributed by atoms with E-state index in [4.69, 9.17) is 5.73 Å². The number of hydrogen-bond acceptors (Lipinski definition) is 1. The highest BCUT2D eigenvalue weighted by molar-refractivity contribution is 9.10. The van der Waals surface area contributed by atoms with Crippen LogP contribution in [0.15, 0.2) is 33.7 Å². The SMILES string of the molecule is CC(C)N=C(N)Nc1ccc(Br)cc1. The normalized spacial score (nSPS) is 11.9. The van der Waals surface area contributed by atoms with E-state index in [0.29, 0.717) is 5.96 Å². The largest absolute Gasteiger partial charge is 0.370 e. The van der Waals surface area contributed by atoms with Gasteiger partial charge in [-0.25, -0.2) is 0 Å². The molecule has 0 aliphatic carbocycles. The van der Waals surface area contributed by atoms with Crippen LogP contribution in [0.2, 0.25) is 0 Å². The first-order valence-electron chi connectivity index (χ1n) is 4.44. The quantitative estimate of drug-likeness (QED) is 0.631. The maximum Gasteiger partial charge on any atom is 0.193 e. The number of nitrogens with one attached hydrogen (secondary N) is 1. The third kappa shape index (κ3) is 3.79. The molecule has 0 saturated heterocycles. The molecule has 14 heavy (non-hydrogen) atoms. The lowest BCUT2D eigenvalue weighted by Crippen LogP contribution is -2.23. The topological polar surface area (TPSA) is 50.4 Å². The van der Waals surface area contributed by atoms with Crippen LogP contribution in [0.3, 0.4) is 0 Å². The summed E-state index contributed by atoms with van der Waals surface area (Å²) >= 11 is 3.36. The van der Waals surface area contributed by atoms with Gasteiger partial charge >= 0.3 is 0 Å². The summed E-state index contributed by atoms with van der Waals surface area (Å²) in [5.74, 6) is 0.447. The Morgan fingerprint density at radius 3 is 2.43 bits per heavy atom. The standard InChI is InChI=1S/C10H14BrN3/c1-7(2)13-10(12)14-9-5-3-8(11)4-6-9/h3-7H,1-2H3,(H3,12,13,14). The van der Waals surface area contributed by atoms with Crippen LogP contribution in [0.1, 0.15) is 13.8 Å². The molecular weight excluding hydrogens is 242 g/mol. The average molecular weight is 256 g/mol. The monoisotopic (exact) mass is 255 g/mol. The van der Waals surface area contributed by atoms with Gasteiger partial charge in [0.2, 0.25) is 0 Å². The maximum atomic E-state index is 5.67. The van der Waals surface area contributed by atoms with E-state index < -0.39 is 0 Å². The molecule has 0 heterocycles. The van der Waals surface area contributed by atoms with Crippen LogP contribution >= 0.6 is 15.9 Å². The van der Waals surface area contributed by atoms with Gasteiger partial charge in [-0.2, -0.15) is 0 Å². The zero-order chi connectivity index (χ0) is 10.6. The van der Waals surface area contributed by atoms with Crippen LogP contribution in [-0.2, 0) is 0 Å². The van der Waals surface area contributed by atoms with Gasteiger partial charge in [0.25, 0.3) is 0 Å². The van der Waals surface area contributed by atoms with E-state index in [0.717, 1.165) is 10.2 Å². The lowest BCUT2D eigenvalue weighted by Gasteiger charge is -2.06. The first kappa shape index (κ1) is 11.0. The Hall–Kier alpha value is -1.03. The van der Waals surface area contributed by atoms with Crippen molar-refractivity contribution in [2.24, 2.45) is 10.7 Å². The molecule has 0 aliphatic rings. The van der Waals surface area contributed by atoms with E-state index in [9.17, 15) is 0 Å². The summed E-state index contributed by atoms with van der Waals surface area (Å²) in [7, 11) is 0. The maximum absolute atomic E-state index is 5.67. The Balaban J connectivity index is 2.65. The van der Waals surface area contributed by atoms with E-state index in [-0.39, 0.29) is 6.04 Å². The second-order valence-corrected chi connectivity index (χ2v) is 4.16. The number of halogens is 1. The van der Waals surface area contributed by atoms with Gasteiger partial charge in [-0.15, -0.1) is 0 Å². The smallest absolute Gasteiger partial charge is 0.193 e. The fourth-order valence-electron chi connectivity index (χ4n) is 0.992. The highest BCUT2D eigenvalue weighted by atomic mass is 79.9. The van der Waals surface area contributed by atoms with Gasteiger partial charge in [0.15, 0.2) is 5.96 Å². The average Bonchev–Trinajstić information content (AvgIpc) is 2.07. The van der Waals surface area contributed by atoms with Crippen molar-refractivity contribution in [3.63, 3.8) is 0 Å². The van der Waals surface area contributed by atoms with Crippen LogP contribution in [-0.4, -0.2) is 12.0 Å². The lowest BCUT2D eigenvalue weighted by atomic mass is 10.3. The molecule has 0 aromatic heterocycles. The van der Waals surface area contributed by atoms with Gasteiger partial charge in [-0.1, -0.05) is 15.9 Å². The first-order chi connectivity index (χ1) is 6.58. The van der Waals surface area contributed by atoms with Crippen molar-refractivity contribution in [3.05, 3.63) is 28.7 Å². The fourth-order valence-corrected chi connectivity index (χ4v) is 1.26. The number of guanidine groups is 1. The molecule has 3 nitrogen and oxygen atoms in total. The summed E-state index contributed by atoms with van der Waals surface area (Å²) in [4.78, 5) is 4.17. The summed E-state index contributed by atoms with van der Waals surface area (Å²) in [6, 6.07) is 7.98. The van der Waals surface area contributed by atoms with Crippen molar-refractivity contribution >= 4 is 27.6 Å². The number of rotatable bonds is 2. The van der Waals surface area contributed by atoms with Gasteiger partial charge in [0, 0.05) is 16.2 Å². The summed E-state index contributed by atoms with van der Waals surface area (Å²) in [5, 5.41) is 3.01. The first-order valence-corrected chi connectivity index (χ1v) is 5.23. The molecule has 0 amide bonds. The molecule has 0 saturated carbocycles. The second kappa shape index (κ2) is 5.00. The van der Waals surface area contributed by atoms with Crippen molar-refractivity contribution in [1.82, 2.24) is 0 Å². The number of anilines is 1. The fraction of sp³-hybridized carbons (Fsp3) is 0.300. The Bertz CT molecular complexity index is 317. The zero-order valence-corrected chi connectivity index (χ0v) is 9.88. The minimum absolute atomic E-state index is 0.206. The van der Waals surface area contributed by atoms with E-state index in [2.05, 4.69) is 26.2 Å². The van der Waals surface area contributed by atoms with Crippen molar-refractivity contribution in [2.45, 2.75) is 19.9 Å². The van der Waals surface area contributed by atoms with Crippen molar-refractivity contribution in [2.75, 3.05) is 5.32 Å². The molecule has 0 bridgehead atoms. The van der Waals surface area contributed by atoms with Gasteiger partial charge in [-0.05, 0) is 38.1 Å². The summed E-state index contributed by atoms with van der Waals surface area (Å²) < 4.78 is 1.04. The van der Waals surface area contributed by atoms with Gasteiger partial charge in [0.05, 0.1) is 0 Å². The molecule has 0 spiro atoms. The minimum atomic E-state index is 0.206. The lowest BCUT2D eigenvalue weighted by molar-refractivity contribution is 0.833. The molecule has 3 N–H and O–H groups in total. The molecule has 0 atom stereocenters. The molecule has 1 aromatic carbocycles. The van der Waals surface area contributed by atoms with Crippen LogP contribution < -0.4 is 11.1 Å². The Morgan fingerprint density at radius 1 is 1.36 bits per heavy atom. The van der Waals surface area contributed by atoms with Crippen LogP contribution in [0, 0.1) is 0 Å². The molecule has 76 valence electrons. The van der Waals surface area contributed by atoms with Crippen molar-refractivity contribution in [1.29, 1.82) is 0 Å². The summed E-state index contributed by atoms with van der Waals surface area (Å²) in [5.41, 5.74) is 6.61. The van der Waals surface area contributed by atoms with E-state index in [1.807, 2.05) is 38.1 Å². The predicted octanol–water partition coefficient (Wildman–Crippen LogP) is 2.58. The molecule has 0 unspecified atom stereocenters. The molecule has 0 fully saturated rings. The van der Waals surface area contributed by atoms with Crippen LogP contribution in [0.25, 0.3) is 0 Å². The number of aliphatic imine (C=N–C) groups is 1. The van der Waals surface area contributed by atoms with E-state index in [1.165, 1.54) is 0 Å². The Kier molecular flexibility index (Phi) is 3.95.